The van der Waals surface area contributed by atoms with Gasteiger partial charge in [-0.15, -0.1) is 0 Å². The molecule has 0 aliphatic rings. The second-order valence-corrected chi connectivity index (χ2v) is 4.42. The highest BCUT2D eigenvalue weighted by molar-refractivity contribution is 14.1. The highest BCUT2D eigenvalue weighted by Gasteiger charge is 2.02. The number of benzene rings is 1. The Morgan fingerprint density at radius 3 is 2.93 bits per heavy atom. The number of pyridine rings is 1. The van der Waals surface area contributed by atoms with Gasteiger partial charge < -0.3 is 0 Å². The Morgan fingerprint density at radius 1 is 1.14 bits per heavy atom. The second kappa shape index (κ2) is 2.95. The quantitative estimate of drug-likeness (QED) is 0.582. The molecule has 0 atom stereocenters. The lowest BCUT2D eigenvalue weighted by molar-refractivity contribution is 1.22. The Balaban J connectivity index is 2.57. The molecule has 0 fully saturated rings. The molecule has 0 aliphatic heterocycles. The van der Waals surface area contributed by atoms with E-state index in [1.165, 1.54) is 9.09 Å². The van der Waals surface area contributed by atoms with Crippen molar-refractivity contribution in [1.29, 1.82) is 0 Å². The maximum atomic E-state index is 4.53. The summed E-state index contributed by atoms with van der Waals surface area (Å²) in [5.41, 5.74) is 3.23. The molecular weight excluding hydrogens is 287 g/mol. The van der Waals surface area contributed by atoms with Crippen LogP contribution in [0.5, 0.6) is 0 Å². The average molecular weight is 294 g/mol. The van der Waals surface area contributed by atoms with Gasteiger partial charge in [0.05, 0.1) is 11.0 Å². The Bertz CT molecular complexity index is 613. The molecule has 1 aromatic carbocycles. The van der Waals surface area contributed by atoms with Crippen LogP contribution in [0.15, 0.2) is 42.6 Å². The molecule has 0 aliphatic carbocycles. The maximum absolute atomic E-state index is 4.53. The van der Waals surface area contributed by atoms with Gasteiger partial charge in [0.2, 0.25) is 0 Å². The van der Waals surface area contributed by atoms with Gasteiger partial charge in [-0.2, -0.15) is 0 Å². The van der Waals surface area contributed by atoms with Crippen LogP contribution in [0.3, 0.4) is 0 Å². The van der Waals surface area contributed by atoms with E-state index in [9.17, 15) is 0 Å². The Kier molecular flexibility index (Phi) is 1.73. The lowest BCUT2D eigenvalue weighted by Gasteiger charge is -1.94. The van der Waals surface area contributed by atoms with Gasteiger partial charge in [0.1, 0.15) is 5.65 Å². The first-order valence-corrected chi connectivity index (χ1v) is 5.45. The summed E-state index contributed by atoms with van der Waals surface area (Å²) < 4.78 is 3.32. The van der Waals surface area contributed by atoms with Gasteiger partial charge >= 0.3 is 0 Å². The summed E-state index contributed by atoms with van der Waals surface area (Å²) in [6.45, 7) is 0. The first kappa shape index (κ1) is 8.23. The van der Waals surface area contributed by atoms with E-state index < -0.39 is 0 Å². The van der Waals surface area contributed by atoms with E-state index in [1.54, 1.807) is 0 Å². The molecular formula is C11H7IN2. The predicted octanol–water partition coefficient (Wildman–Crippen LogP) is 3.09. The summed E-state index contributed by atoms with van der Waals surface area (Å²) in [7, 11) is 0. The molecule has 14 heavy (non-hydrogen) atoms. The van der Waals surface area contributed by atoms with Crippen molar-refractivity contribution in [1.82, 2.24) is 9.38 Å². The zero-order valence-corrected chi connectivity index (χ0v) is 9.47. The molecule has 0 spiro atoms. The van der Waals surface area contributed by atoms with Crippen LogP contribution in [0.2, 0.25) is 0 Å². The number of halogens is 1. The van der Waals surface area contributed by atoms with Crippen molar-refractivity contribution in [3.63, 3.8) is 0 Å². The van der Waals surface area contributed by atoms with Crippen molar-refractivity contribution < 1.29 is 0 Å². The largest absolute Gasteiger partial charge is 0.300 e. The first-order valence-electron chi connectivity index (χ1n) is 4.37. The standard InChI is InChI=1S/C11H7IN2/c12-8-5-6-14-10-4-2-1-3-9(10)13-11(14)7-8/h1-7H. The number of para-hydroxylation sites is 2. The van der Waals surface area contributed by atoms with Gasteiger partial charge in [-0.05, 0) is 46.9 Å². The fourth-order valence-electron chi connectivity index (χ4n) is 1.64. The van der Waals surface area contributed by atoms with E-state index in [0.29, 0.717) is 0 Å². The zero-order valence-electron chi connectivity index (χ0n) is 7.31. The van der Waals surface area contributed by atoms with Crippen LogP contribution in [0.4, 0.5) is 0 Å². The molecule has 3 aromatic rings. The number of hydrogen-bond donors (Lipinski definition) is 0. The summed E-state index contributed by atoms with van der Waals surface area (Å²) in [5.74, 6) is 0. The second-order valence-electron chi connectivity index (χ2n) is 3.17. The Labute approximate surface area is 94.7 Å². The van der Waals surface area contributed by atoms with Gasteiger partial charge in [-0.1, -0.05) is 12.1 Å². The van der Waals surface area contributed by atoms with Gasteiger partial charge in [-0.3, -0.25) is 4.40 Å². The van der Waals surface area contributed by atoms with E-state index in [1.807, 2.05) is 18.2 Å². The van der Waals surface area contributed by atoms with Crippen LogP contribution in [-0.2, 0) is 0 Å². The first-order chi connectivity index (χ1) is 6.84. The van der Waals surface area contributed by atoms with Crippen LogP contribution in [0.1, 0.15) is 0 Å². The van der Waals surface area contributed by atoms with E-state index >= 15 is 0 Å². The third-order valence-electron chi connectivity index (χ3n) is 2.27. The maximum Gasteiger partial charge on any atom is 0.138 e. The molecule has 0 bridgehead atoms. The van der Waals surface area contributed by atoms with Crippen molar-refractivity contribution in [3.8, 4) is 0 Å². The van der Waals surface area contributed by atoms with Crippen LogP contribution in [0, 0.1) is 3.57 Å². The van der Waals surface area contributed by atoms with Crippen LogP contribution in [0.25, 0.3) is 16.7 Å². The van der Waals surface area contributed by atoms with Gasteiger partial charge in [0, 0.05) is 9.77 Å². The molecule has 0 radical (unpaired) electrons. The molecule has 3 rings (SSSR count). The van der Waals surface area contributed by atoms with E-state index in [4.69, 9.17) is 0 Å². The predicted molar refractivity (Wildman–Crippen MR) is 65.4 cm³/mol. The monoisotopic (exact) mass is 294 g/mol. The third-order valence-corrected chi connectivity index (χ3v) is 2.94. The van der Waals surface area contributed by atoms with Crippen LogP contribution < -0.4 is 0 Å². The fourth-order valence-corrected chi connectivity index (χ4v) is 2.08. The summed E-state index contributed by atoms with van der Waals surface area (Å²) >= 11 is 2.30. The molecule has 2 heterocycles. The summed E-state index contributed by atoms with van der Waals surface area (Å²) in [5, 5.41) is 0. The van der Waals surface area contributed by atoms with Crippen molar-refractivity contribution in [2.75, 3.05) is 0 Å². The molecule has 68 valence electrons. The van der Waals surface area contributed by atoms with Gasteiger partial charge in [-0.25, -0.2) is 4.98 Å². The zero-order chi connectivity index (χ0) is 9.54. The van der Waals surface area contributed by atoms with Crippen LogP contribution in [-0.4, -0.2) is 9.38 Å². The van der Waals surface area contributed by atoms with Crippen molar-refractivity contribution in [2.45, 2.75) is 0 Å². The van der Waals surface area contributed by atoms with Gasteiger partial charge in [0.25, 0.3) is 0 Å². The highest BCUT2D eigenvalue weighted by Crippen LogP contribution is 2.17. The molecule has 0 unspecified atom stereocenters. The molecule has 0 amide bonds. The minimum absolute atomic E-state index is 1.01. The van der Waals surface area contributed by atoms with Crippen molar-refractivity contribution in [2.24, 2.45) is 0 Å². The molecule has 3 heteroatoms. The number of fused-ring (bicyclic) bond motifs is 3. The molecule has 2 aromatic heterocycles. The lowest BCUT2D eigenvalue weighted by Crippen LogP contribution is -1.83. The summed E-state index contributed by atoms with van der Waals surface area (Å²) in [6, 6.07) is 12.3. The number of hydrogen-bond acceptors (Lipinski definition) is 1. The van der Waals surface area contributed by atoms with Crippen LogP contribution >= 0.6 is 22.6 Å². The topological polar surface area (TPSA) is 17.3 Å². The van der Waals surface area contributed by atoms with E-state index in [-0.39, 0.29) is 0 Å². The Morgan fingerprint density at radius 2 is 2.00 bits per heavy atom. The van der Waals surface area contributed by atoms with E-state index in [2.05, 4.69) is 56.4 Å². The van der Waals surface area contributed by atoms with E-state index in [0.717, 1.165) is 11.2 Å². The molecule has 0 N–H and O–H groups in total. The summed E-state index contributed by atoms with van der Waals surface area (Å²) in [4.78, 5) is 4.53. The smallest absolute Gasteiger partial charge is 0.138 e. The average Bonchev–Trinajstić information content (AvgIpc) is 2.54. The van der Waals surface area contributed by atoms with Gasteiger partial charge in [0.15, 0.2) is 0 Å². The lowest BCUT2D eigenvalue weighted by atomic mass is 10.3. The Hall–Kier alpha value is -1.10. The summed E-state index contributed by atoms with van der Waals surface area (Å²) in [6.07, 6.45) is 2.06. The number of aromatic nitrogens is 2. The normalized spacial score (nSPS) is 11.2. The number of nitrogens with zero attached hydrogens (tertiary/aromatic N) is 2. The van der Waals surface area contributed by atoms with Crippen molar-refractivity contribution >= 4 is 39.3 Å². The SMILES string of the molecule is Ic1ccn2c(c1)nc1ccccc12. The third kappa shape index (κ3) is 1.12. The highest BCUT2D eigenvalue weighted by atomic mass is 127. The van der Waals surface area contributed by atoms with Crippen molar-refractivity contribution in [3.05, 3.63) is 46.2 Å². The minimum atomic E-state index is 1.01. The molecule has 0 saturated heterocycles. The number of rotatable bonds is 0. The molecule has 2 nitrogen and oxygen atoms in total. The molecule has 0 saturated carbocycles. The minimum Gasteiger partial charge on any atom is -0.300 e. The fraction of sp³-hybridized carbons (Fsp3) is 0. The number of imidazole rings is 1.